The summed E-state index contributed by atoms with van der Waals surface area (Å²) in [6.07, 6.45) is 1.10. The molecule has 0 aliphatic carbocycles. The minimum atomic E-state index is -0.211. The van der Waals surface area contributed by atoms with Gasteiger partial charge in [-0.2, -0.15) is 0 Å². The molecule has 0 aromatic heterocycles. The first-order valence-corrected chi connectivity index (χ1v) is 4.54. The summed E-state index contributed by atoms with van der Waals surface area (Å²) in [5.41, 5.74) is 5.03. The quantitative estimate of drug-likeness (QED) is 0.640. The Morgan fingerprint density at radius 2 is 1.69 bits per heavy atom. The standard InChI is InChI=1S/C4H8O2.C3H9N.C2H6O/c1-3-6-4(2)5;1-2-3-4;1-2-3/h3H2,1-2H3;2-4H2,1H3;3H,2H2,1H3. The number of rotatable bonds is 2. The number of esters is 1. The van der Waals surface area contributed by atoms with Crippen LogP contribution in [0.3, 0.4) is 0 Å². The summed E-state index contributed by atoms with van der Waals surface area (Å²) in [4.78, 5) is 9.82. The van der Waals surface area contributed by atoms with Crippen molar-refractivity contribution in [2.45, 2.75) is 34.1 Å². The number of carbonyl (C=O) groups is 1. The SMILES string of the molecule is CCCN.CCO.CCOC(C)=O. The summed E-state index contributed by atoms with van der Waals surface area (Å²) in [7, 11) is 0. The summed E-state index contributed by atoms with van der Waals surface area (Å²) in [6, 6.07) is 0. The molecule has 0 bridgehead atoms. The highest BCUT2D eigenvalue weighted by Crippen LogP contribution is 1.69. The van der Waals surface area contributed by atoms with Gasteiger partial charge in [0.05, 0.1) is 6.61 Å². The summed E-state index contributed by atoms with van der Waals surface area (Å²) in [5, 5.41) is 7.57. The Labute approximate surface area is 81.1 Å². The summed E-state index contributed by atoms with van der Waals surface area (Å²) < 4.78 is 4.40. The van der Waals surface area contributed by atoms with E-state index in [-0.39, 0.29) is 12.6 Å². The highest BCUT2D eigenvalue weighted by Gasteiger charge is 1.81. The molecule has 0 unspecified atom stereocenters. The lowest BCUT2D eigenvalue weighted by Gasteiger charge is -1.89. The molecule has 0 aliphatic heterocycles. The molecule has 0 saturated carbocycles. The molecular formula is C9H23NO3. The van der Waals surface area contributed by atoms with Crippen LogP contribution in [0.15, 0.2) is 0 Å². The van der Waals surface area contributed by atoms with Crippen LogP contribution in [0, 0.1) is 0 Å². The van der Waals surface area contributed by atoms with E-state index in [4.69, 9.17) is 10.8 Å². The topological polar surface area (TPSA) is 72.6 Å². The van der Waals surface area contributed by atoms with E-state index in [0.717, 1.165) is 13.0 Å². The van der Waals surface area contributed by atoms with E-state index in [1.165, 1.54) is 6.92 Å². The fourth-order valence-corrected chi connectivity index (χ4v) is 0.203. The number of hydrogen-bond donors (Lipinski definition) is 2. The van der Waals surface area contributed by atoms with Gasteiger partial charge in [0, 0.05) is 13.5 Å². The van der Waals surface area contributed by atoms with Crippen molar-refractivity contribution in [1.29, 1.82) is 0 Å². The molecule has 4 heteroatoms. The molecule has 0 heterocycles. The predicted octanol–water partition coefficient (Wildman–Crippen LogP) is 0.923. The van der Waals surface area contributed by atoms with Crippen LogP contribution in [0.4, 0.5) is 0 Å². The smallest absolute Gasteiger partial charge is 0.302 e. The van der Waals surface area contributed by atoms with Gasteiger partial charge in [0.1, 0.15) is 0 Å². The molecule has 0 atom stereocenters. The second kappa shape index (κ2) is 22.5. The van der Waals surface area contributed by atoms with E-state index in [0.29, 0.717) is 6.61 Å². The normalized spacial score (nSPS) is 7.23. The first-order chi connectivity index (χ1) is 6.10. The zero-order valence-corrected chi connectivity index (χ0v) is 9.17. The minimum absolute atomic E-state index is 0.211. The number of carbonyl (C=O) groups excluding carboxylic acids is 1. The molecule has 3 N–H and O–H groups in total. The van der Waals surface area contributed by atoms with Crippen LogP contribution in [0.2, 0.25) is 0 Å². The number of aliphatic hydroxyl groups is 1. The Bertz CT molecular complexity index is 84.9. The average Bonchev–Trinajstić information content (AvgIpc) is 2.06. The summed E-state index contributed by atoms with van der Waals surface area (Å²) >= 11 is 0. The number of aliphatic hydroxyl groups excluding tert-OH is 1. The van der Waals surface area contributed by atoms with Crippen molar-refractivity contribution in [3.05, 3.63) is 0 Å². The molecule has 0 fully saturated rings. The van der Waals surface area contributed by atoms with Gasteiger partial charge in [-0.3, -0.25) is 4.79 Å². The Balaban J connectivity index is -0.000000125. The van der Waals surface area contributed by atoms with Crippen LogP contribution in [-0.2, 0) is 9.53 Å². The van der Waals surface area contributed by atoms with Gasteiger partial charge in [0.25, 0.3) is 0 Å². The second-order valence-corrected chi connectivity index (χ2v) is 2.03. The maximum absolute atomic E-state index is 9.82. The predicted molar refractivity (Wildman–Crippen MR) is 54.4 cm³/mol. The summed E-state index contributed by atoms with van der Waals surface area (Å²) in [6.45, 7) is 8.46. The van der Waals surface area contributed by atoms with Gasteiger partial charge in [-0.1, -0.05) is 6.92 Å². The van der Waals surface area contributed by atoms with E-state index < -0.39 is 0 Å². The van der Waals surface area contributed by atoms with Gasteiger partial charge in [-0.15, -0.1) is 0 Å². The van der Waals surface area contributed by atoms with Gasteiger partial charge < -0.3 is 15.6 Å². The molecule has 0 aliphatic rings. The van der Waals surface area contributed by atoms with Crippen molar-refractivity contribution in [2.24, 2.45) is 5.73 Å². The van der Waals surface area contributed by atoms with Crippen LogP contribution >= 0.6 is 0 Å². The highest BCUT2D eigenvalue weighted by atomic mass is 16.5. The Morgan fingerprint density at radius 3 is 1.69 bits per heavy atom. The molecule has 4 nitrogen and oxygen atoms in total. The lowest BCUT2D eigenvalue weighted by Crippen LogP contribution is -1.95. The van der Waals surface area contributed by atoms with Crippen molar-refractivity contribution < 1.29 is 14.6 Å². The lowest BCUT2D eigenvalue weighted by atomic mass is 10.5. The van der Waals surface area contributed by atoms with Gasteiger partial charge in [-0.05, 0) is 26.8 Å². The molecule has 0 rings (SSSR count). The van der Waals surface area contributed by atoms with E-state index in [9.17, 15) is 4.79 Å². The molecule has 0 saturated heterocycles. The first kappa shape index (κ1) is 18.2. The van der Waals surface area contributed by atoms with E-state index in [2.05, 4.69) is 11.7 Å². The average molecular weight is 193 g/mol. The molecule has 0 spiro atoms. The third kappa shape index (κ3) is 87.4. The number of hydrogen-bond acceptors (Lipinski definition) is 4. The molecule has 0 amide bonds. The van der Waals surface area contributed by atoms with Gasteiger partial charge in [0.15, 0.2) is 0 Å². The van der Waals surface area contributed by atoms with Crippen molar-refractivity contribution in [3.63, 3.8) is 0 Å². The molecule has 0 radical (unpaired) electrons. The lowest BCUT2D eigenvalue weighted by molar-refractivity contribution is -0.140. The first-order valence-electron chi connectivity index (χ1n) is 4.54. The largest absolute Gasteiger partial charge is 0.466 e. The minimum Gasteiger partial charge on any atom is -0.466 e. The summed E-state index contributed by atoms with van der Waals surface area (Å²) in [5.74, 6) is -0.211. The molecular weight excluding hydrogens is 170 g/mol. The third-order valence-electron chi connectivity index (χ3n) is 0.636. The van der Waals surface area contributed by atoms with Crippen LogP contribution in [0.1, 0.15) is 34.1 Å². The van der Waals surface area contributed by atoms with Crippen molar-refractivity contribution in [1.82, 2.24) is 0 Å². The van der Waals surface area contributed by atoms with Crippen LogP contribution < -0.4 is 5.73 Å². The maximum Gasteiger partial charge on any atom is 0.302 e. The monoisotopic (exact) mass is 193 g/mol. The third-order valence-corrected chi connectivity index (χ3v) is 0.636. The Kier molecular flexibility index (Phi) is 31.6. The maximum atomic E-state index is 9.82. The fraction of sp³-hybridized carbons (Fsp3) is 0.889. The van der Waals surface area contributed by atoms with Gasteiger partial charge >= 0.3 is 5.97 Å². The Morgan fingerprint density at radius 1 is 1.38 bits per heavy atom. The van der Waals surface area contributed by atoms with Crippen LogP contribution in [-0.4, -0.2) is 30.8 Å². The van der Waals surface area contributed by atoms with Crippen LogP contribution in [0.5, 0.6) is 0 Å². The van der Waals surface area contributed by atoms with Crippen molar-refractivity contribution >= 4 is 5.97 Å². The van der Waals surface area contributed by atoms with Crippen molar-refractivity contribution in [3.8, 4) is 0 Å². The number of ether oxygens (including phenoxy) is 1. The molecule has 0 aromatic carbocycles. The van der Waals surface area contributed by atoms with Gasteiger partial charge in [-0.25, -0.2) is 0 Å². The van der Waals surface area contributed by atoms with Crippen molar-refractivity contribution in [2.75, 3.05) is 19.8 Å². The van der Waals surface area contributed by atoms with E-state index in [1.54, 1.807) is 13.8 Å². The molecule has 0 aromatic rings. The second-order valence-electron chi connectivity index (χ2n) is 2.03. The fourth-order valence-electron chi connectivity index (χ4n) is 0.203. The van der Waals surface area contributed by atoms with Crippen LogP contribution in [0.25, 0.3) is 0 Å². The highest BCUT2D eigenvalue weighted by molar-refractivity contribution is 5.65. The zero-order valence-electron chi connectivity index (χ0n) is 9.17. The zero-order chi connectivity index (χ0) is 11.1. The number of nitrogens with two attached hydrogens (primary N) is 1. The van der Waals surface area contributed by atoms with E-state index in [1.807, 2.05) is 0 Å². The Hall–Kier alpha value is -0.610. The van der Waals surface area contributed by atoms with Gasteiger partial charge in [0.2, 0.25) is 0 Å². The van der Waals surface area contributed by atoms with E-state index >= 15 is 0 Å². The molecule has 13 heavy (non-hydrogen) atoms. The molecule has 82 valence electrons.